The smallest absolute Gasteiger partial charge is 0.475 e. The van der Waals surface area contributed by atoms with Crippen LogP contribution in [0.25, 0.3) is 32.2 Å². The lowest BCUT2D eigenvalue weighted by Crippen LogP contribution is -2.21. The summed E-state index contributed by atoms with van der Waals surface area (Å²) in [5.74, 6) is -1.82. The maximum atomic E-state index is 10.6. The zero-order valence-corrected chi connectivity index (χ0v) is 20.7. The maximum absolute atomic E-state index is 10.6. The van der Waals surface area contributed by atoms with Crippen molar-refractivity contribution >= 4 is 28.3 Å². The van der Waals surface area contributed by atoms with E-state index < -0.39 is 12.1 Å². The predicted octanol–water partition coefficient (Wildman–Crippen LogP) is 7.19. The second-order valence-electron chi connectivity index (χ2n) is 8.31. The molecule has 0 aliphatic carbocycles. The molecule has 3 aromatic carbocycles. The third kappa shape index (κ3) is 6.84. The minimum Gasteiger partial charge on any atom is -0.475 e. The van der Waals surface area contributed by atoms with Gasteiger partial charge in [0.05, 0.1) is 15.9 Å². The van der Waals surface area contributed by atoms with Crippen LogP contribution < -0.4 is 5.32 Å². The molecular weight excluding hydrogens is 499 g/mol. The molecule has 0 radical (unpaired) electrons. The number of para-hydroxylation sites is 1. The fourth-order valence-electron chi connectivity index (χ4n) is 3.69. The van der Waals surface area contributed by atoms with E-state index in [2.05, 4.69) is 102 Å². The maximum Gasteiger partial charge on any atom is 0.490 e. The third-order valence-corrected chi connectivity index (χ3v) is 6.65. The topological polar surface area (TPSA) is 78.0 Å². The van der Waals surface area contributed by atoms with E-state index in [9.17, 15) is 13.2 Å². The number of aromatic nitrogens is 2. The number of benzene rings is 3. The first kappa shape index (κ1) is 26.1. The van der Waals surface area contributed by atoms with Crippen LogP contribution in [0.15, 0.2) is 84.9 Å². The fourth-order valence-corrected chi connectivity index (χ4v) is 4.64. The Balaban J connectivity index is 0.000000405. The van der Waals surface area contributed by atoms with Crippen molar-refractivity contribution in [3.05, 3.63) is 102 Å². The predicted molar refractivity (Wildman–Crippen MR) is 140 cm³/mol. The van der Waals surface area contributed by atoms with Crippen molar-refractivity contribution in [3.8, 4) is 21.1 Å². The summed E-state index contributed by atoms with van der Waals surface area (Å²) in [7, 11) is 0. The zero-order chi connectivity index (χ0) is 26.4. The quantitative estimate of drug-likeness (QED) is 0.220. The number of nitrogens with zero attached hydrogens (tertiary/aromatic N) is 1. The Morgan fingerprint density at radius 3 is 2.27 bits per heavy atom. The first-order valence-electron chi connectivity index (χ1n) is 11.4. The van der Waals surface area contributed by atoms with Gasteiger partial charge in [0, 0.05) is 18.0 Å². The van der Waals surface area contributed by atoms with Gasteiger partial charge in [0.1, 0.15) is 5.82 Å². The second kappa shape index (κ2) is 11.4. The number of alkyl halides is 3. The second-order valence-corrected chi connectivity index (χ2v) is 9.40. The van der Waals surface area contributed by atoms with Crippen molar-refractivity contribution in [2.45, 2.75) is 26.2 Å². The number of hydrogen-bond donors (Lipinski definition) is 3. The number of fused-ring (bicyclic) bond motifs is 1. The summed E-state index contributed by atoms with van der Waals surface area (Å²) in [6, 6.07) is 29.9. The minimum absolute atomic E-state index is 0.851. The summed E-state index contributed by atoms with van der Waals surface area (Å²) in [5.41, 5.74) is 7.18. The van der Waals surface area contributed by atoms with E-state index in [-0.39, 0.29) is 0 Å². The number of aryl methyl sites for hydroxylation is 1. The number of H-pyrrole nitrogens is 1. The molecule has 5 nitrogen and oxygen atoms in total. The molecular formula is C28H24F3N3O2S. The first-order valence-corrected chi connectivity index (χ1v) is 12.2. The van der Waals surface area contributed by atoms with E-state index >= 15 is 0 Å². The standard InChI is InChI=1S/C26H23N3S.C2HF3O2/c1-18-7-5-12-22-25(18)29-26(28-22)24-14-13-23(30-24)21-11-6-10-20(15-21)17-27-16-19-8-3-2-4-9-19;3-2(4,5)1(6)7/h2-15,27H,16-17H2,1H3,(H,28,29);(H,6,7). The number of rotatable bonds is 6. The molecule has 5 rings (SSSR count). The molecule has 0 aliphatic rings. The van der Waals surface area contributed by atoms with E-state index in [1.54, 1.807) is 11.3 Å². The summed E-state index contributed by atoms with van der Waals surface area (Å²) in [6.07, 6.45) is -5.08. The van der Waals surface area contributed by atoms with Crippen LogP contribution in [0.1, 0.15) is 16.7 Å². The molecule has 0 unspecified atom stereocenters. The van der Waals surface area contributed by atoms with Crippen molar-refractivity contribution in [2.75, 3.05) is 0 Å². The van der Waals surface area contributed by atoms with Gasteiger partial charge in [0.25, 0.3) is 0 Å². The van der Waals surface area contributed by atoms with Crippen molar-refractivity contribution in [1.29, 1.82) is 0 Å². The Morgan fingerprint density at radius 2 is 1.57 bits per heavy atom. The molecule has 2 heterocycles. The van der Waals surface area contributed by atoms with Crippen LogP contribution in [0.2, 0.25) is 0 Å². The number of nitrogens with one attached hydrogen (secondary N) is 2. The lowest BCUT2D eigenvalue weighted by Gasteiger charge is -2.07. The molecule has 0 fully saturated rings. The Morgan fingerprint density at radius 1 is 0.919 bits per heavy atom. The molecule has 0 aliphatic heterocycles. The lowest BCUT2D eigenvalue weighted by molar-refractivity contribution is -0.192. The summed E-state index contributed by atoms with van der Waals surface area (Å²) >= 11 is 1.78. The molecule has 0 saturated carbocycles. The average Bonchev–Trinajstić information content (AvgIpc) is 3.53. The highest BCUT2D eigenvalue weighted by Crippen LogP contribution is 2.34. The largest absolute Gasteiger partial charge is 0.490 e. The van der Waals surface area contributed by atoms with Crippen molar-refractivity contribution in [1.82, 2.24) is 15.3 Å². The van der Waals surface area contributed by atoms with Crippen molar-refractivity contribution < 1.29 is 23.1 Å². The average molecular weight is 524 g/mol. The fraction of sp³-hybridized carbons (Fsp3) is 0.143. The lowest BCUT2D eigenvalue weighted by atomic mass is 10.1. The summed E-state index contributed by atoms with van der Waals surface area (Å²) in [6.45, 7) is 3.83. The molecule has 9 heteroatoms. The molecule has 0 spiro atoms. The summed E-state index contributed by atoms with van der Waals surface area (Å²) in [4.78, 5) is 19.6. The van der Waals surface area contributed by atoms with Gasteiger partial charge in [-0.05, 0) is 53.4 Å². The number of imidazole rings is 1. The molecule has 0 atom stereocenters. The van der Waals surface area contributed by atoms with E-state index in [1.807, 2.05) is 0 Å². The van der Waals surface area contributed by atoms with Gasteiger partial charge < -0.3 is 15.4 Å². The highest BCUT2D eigenvalue weighted by Gasteiger charge is 2.38. The van der Waals surface area contributed by atoms with Crippen LogP contribution in [0.5, 0.6) is 0 Å². The molecule has 5 aromatic rings. The van der Waals surface area contributed by atoms with Crippen LogP contribution in [0.3, 0.4) is 0 Å². The van der Waals surface area contributed by atoms with Gasteiger partial charge in [0.2, 0.25) is 0 Å². The number of carbonyl (C=O) groups is 1. The highest BCUT2D eigenvalue weighted by molar-refractivity contribution is 7.18. The van der Waals surface area contributed by atoms with Crippen LogP contribution >= 0.6 is 11.3 Å². The summed E-state index contributed by atoms with van der Waals surface area (Å²) in [5, 5.41) is 10.7. The Labute approximate surface area is 215 Å². The Hall–Kier alpha value is -3.95. The monoisotopic (exact) mass is 523 g/mol. The summed E-state index contributed by atoms with van der Waals surface area (Å²) < 4.78 is 31.7. The number of aromatic amines is 1. The van der Waals surface area contributed by atoms with E-state index in [0.717, 1.165) is 34.8 Å². The number of halogens is 3. The molecule has 37 heavy (non-hydrogen) atoms. The SMILES string of the molecule is Cc1cccc2[nH]c(-c3ccc(-c4cccc(CNCc5ccccc5)c4)s3)nc12.O=C(O)C(F)(F)F. The van der Waals surface area contributed by atoms with Gasteiger partial charge in [-0.2, -0.15) is 13.2 Å². The van der Waals surface area contributed by atoms with Crippen molar-refractivity contribution in [3.63, 3.8) is 0 Å². The van der Waals surface area contributed by atoms with Crippen LogP contribution in [-0.4, -0.2) is 27.2 Å². The number of hydrogen-bond acceptors (Lipinski definition) is 4. The molecule has 0 bridgehead atoms. The van der Waals surface area contributed by atoms with Gasteiger partial charge in [-0.3, -0.25) is 0 Å². The van der Waals surface area contributed by atoms with Gasteiger partial charge in [-0.15, -0.1) is 11.3 Å². The van der Waals surface area contributed by atoms with Crippen LogP contribution in [0.4, 0.5) is 13.2 Å². The van der Waals surface area contributed by atoms with E-state index in [0.29, 0.717) is 0 Å². The van der Waals surface area contributed by atoms with Crippen LogP contribution in [-0.2, 0) is 17.9 Å². The van der Waals surface area contributed by atoms with Gasteiger partial charge in [-0.25, -0.2) is 9.78 Å². The van der Waals surface area contributed by atoms with E-state index in [4.69, 9.17) is 14.9 Å². The molecule has 2 aromatic heterocycles. The first-order chi connectivity index (χ1) is 17.7. The molecule has 0 amide bonds. The van der Waals surface area contributed by atoms with Crippen LogP contribution in [0, 0.1) is 6.92 Å². The third-order valence-electron chi connectivity index (χ3n) is 5.51. The Kier molecular flexibility index (Phi) is 8.05. The minimum atomic E-state index is -5.08. The number of thiophene rings is 1. The zero-order valence-electron chi connectivity index (χ0n) is 19.8. The number of carboxylic acids is 1. The van der Waals surface area contributed by atoms with Gasteiger partial charge in [-0.1, -0.05) is 60.7 Å². The Bertz CT molecular complexity index is 1490. The number of aliphatic carboxylic acids is 1. The molecule has 3 N–H and O–H groups in total. The number of carboxylic acid groups (broad SMARTS) is 1. The van der Waals surface area contributed by atoms with Crippen molar-refractivity contribution in [2.24, 2.45) is 0 Å². The highest BCUT2D eigenvalue weighted by atomic mass is 32.1. The molecule has 0 saturated heterocycles. The molecule has 190 valence electrons. The normalized spacial score (nSPS) is 11.2. The van der Waals surface area contributed by atoms with E-state index in [1.165, 1.54) is 27.1 Å². The van der Waals surface area contributed by atoms with Gasteiger partial charge in [0.15, 0.2) is 0 Å². The van der Waals surface area contributed by atoms with Gasteiger partial charge >= 0.3 is 12.1 Å².